The number of rotatable bonds is 9. The Kier molecular flexibility index (Phi) is 8.87. The van der Waals surface area contributed by atoms with Gasteiger partial charge in [0.15, 0.2) is 0 Å². The molecule has 0 aromatic carbocycles. The molecule has 3 rings (SSSR count). The fraction of sp³-hybridized carbons (Fsp3) is 0.810. The summed E-state index contributed by atoms with van der Waals surface area (Å²) < 4.78 is 45.0. The van der Waals surface area contributed by atoms with E-state index in [1.54, 1.807) is 0 Å². The van der Waals surface area contributed by atoms with Gasteiger partial charge in [0.05, 0.1) is 11.7 Å². The van der Waals surface area contributed by atoms with Gasteiger partial charge in [0.2, 0.25) is 18.2 Å². The third-order valence-corrected chi connectivity index (χ3v) is 7.86. The molecule has 2 aliphatic heterocycles. The molecule has 2 fully saturated rings. The molecule has 1 unspecified atom stereocenters. The second-order valence-corrected chi connectivity index (χ2v) is 11.1. The Morgan fingerprint density at radius 2 is 1.48 bits per heavy atom. The van der Waals surface area contributed by atoms with Crippen molar-refractivity contribution in [3.8, 4) is 11.8 Å². The molecule has 33 heavy (non-hydrogen) atoms. The Hall–Kier alpha value is -1.57. The first kappa shape index (κ1) is 26.0. The average molecular weight is 488 g/mol. The molecule has 1 atom stereocenters. The van der Waals surface area contributed by atoms with Crippen molar-refractivity contribution < 1.29 is 27.7 Å². The van der Waals surface area contributed by atoms with E-state index in [4.69, 9.17) is 14.2 Å². The van der Waals surface area contributed by atoms with Crippen LogP contribution in [0.3, 0.4) is 0 Å². The maximum absolute atomic E-state index is 12.3. The maximum atomic E-state index is 12.3. The van der Waals surface area contributed by atoms with Crippen LogP contribution < -0.4 is 9.47 Å². The van der Waals surface area contributed by atoms with Crippen LogP contribution in [0.5, 0.6) is 11.8 Å². The van der Waals surface area contributed by atoms with Gasteiger partial charge in [-0.1, -0.05) is 0 Å². The van der Waals surface area contributed by atoms with Crippen molar-refractivity contribution in [2.24, 2.45) is 0 Å². The molecular weight excluding hydrogens is 450 g/mol. The number of piperidine rings is 2. The van der Waals surface area contributed by atoms with E-state index in [0.717, 1.165) is 18.4 Å². The number of aliphatic hydroxyl groups excluding tert-OH is 1. The Balaban J connectivity index is 1.52. The number of likely N-dealkylation sites (tertiary alicyclic amines) is 1. The van der Waals surface area contributed by atoms with E-state index < -0.39 is 16.6 Å². The van der Waals surface area contributed by atoms with E-state index >= 15 is 0 Å². The third-order valence-electron chi connectivity index (χ3n) is 5.92. The van der Waals surface area contributed by atoms with Gasteiger partial charge in [-0.05, 0) is 46.5 Å². The standard InChI is InChI=1S/C21H37N5O6S/c1-15(2)30-21(27)25-10-6-17(7-11-25)31-19-16(3)20(23-14-22-19)32-18-8-12-26(13-9-18)33(28,29)24(4)5/h14-15,17-18,21,27H,6-13H2,1-5H3. The van der Waals surface area contributed by atoms with Gasteiger partial charge in [-0.15, -0.1) is 0 Å². The lowest BCUT2D eigenvalue weighted by atomic mass is 10.1. The molecule has 0 amide bonds. The average Bonchev–Trinajstić information content (AvgIpc) is 2.77. The van der Waals surface area contributed by atoms with Gasteiger partial charge < -0.3 is 19.3 Å². The summed E-state index contributed by atoms with van der Waals surface area (Å²) in [5.74, 6) is 0.956. The first-order valence-electron chi connectivity index (χ1n) is 11.5. The second kappa shape index (κ2) is 11.2. The molecule has 12 heteroatoms. The molecule has 188 valence electrons. The summed E-state index contributed by atoms with van der Waals surface area (Å²) in [6, 6.07) is 0. The smallest absolute Gasteiger partial charge is 0.281 e. The predicted octanol–water partition coefficient (Wildman–Crippen LogP) is 0.979. The summed E-state index contributed by atoms with van der Waals surface area (Å²) in [5, 5.41) is 10.1. The Morgan fingerprint density at radius 3 is 1.94 bits per heavy atom. The second-order valence-electron chi connectivity index (χ2n) is 8.98. The Morgan fingerprint density at radius 1 is 1.00 bits per heavy atom. The van der Waals surface area contributed by atoms with Crippen LogP contribution in [-0.4, -0.2) is 102 Å². The topological polar surface area (TPSA) is 118 Å². The largest absolute Gasteiger partial charge is 0.474 e. The van der Waals surface area contributed by atoms with Crippen molar-refractivity contribution in [1.29, 1.82) is 0 Å². The minimum atomic E-state index is -3.40. The van der Waals surface area contributed by atoms with Crippen LogP contribution in [0.1, 0.15) is 45.1 Å². The number of nitrogens with zero attached hydrogens (tertiary/aromatic N) is 5. The van der Waals surface area contributed by atoms with Gasteiger partial charge in [-0.3, -0.25) is 4.90 Å². The van der Waals surface area contributed by atoms with Crippen LogP contribution in [0.15, 0.2) is 6.33 Å². The lowest BCUT2D eigenvalue weighted by Crippen LogP contribution is -2.46. The molecule has 0 radical (unpaired) electrons. The van der Waals surface area contributed by atoms with E-state index in [9.17, 15) is 13.5 Å². The van der Waals surface area contributed by atoms with E-state index in [-0.39, 0.29) is 18.3 Å². The van der Waals surface area contributed by atoms with E-state index in [1.807, 2.05) is 25.7 Å². The number of ether oxygens (including phenoxy) is 3. The number of aliphatic hydroxyl groups is 1. The maximum Gasteiger partial charge on any atom is 0.281 e. The highest BCUT2D eigenvalue weighted by molar-refractivity contribution is 7.86. The molecule has 0 saturated carbocycles. The molecule has 3 heterocycles. The highest BCUT2D eigenvalue weighted by atomic mass is 32.2. The van der Waals surface area contributed by atoms with E-state index in [2.05, 4.69) is 9.97 Å². The molecule has 1 aromatic heterocycles. The van der Waals surface area contributed by atoms with Crippen molar-refractivity contribution in [2.75, 3.05) is 40.3 Å². The summed E-state index contributed by atoms with van der Waals surface area (Å²) in [6.45, 7) is 7.80. The fourth-order valence-corrected chi connectivity index (χ4v) is 5.06. The van der Waals surface area contributed by atoms with Crippen molar-refractivity contribution in [2.45, 2.75) is 71.2 Å². The van der Waals surface area contributed by atoms with Gasteiger partial charge in [-0.25, -0.2) is 9.97 Å². The molecular formula is C21H37N5O6S. The van der Waals surface area contributed by atoms with Crippen molar-refractivity contribution in [1.82, 2.24) is 23.5 Å². The number of hydrogen-bond acceptors (Lipinski definition) is 9. The molecule has 11 nitrogen and oxygen atoms in total. The van der Waals surface area contributed by atoms with Crippen molar-refractivity contribution in [3.05, 3.63) is 11.9 Å². The summed E-state index contributed by atoms with van der Waals surface area (Å²) in [5.41, 5.74) is 0.728. The zero-order chi connectivity index (χ0) is 24.2. The minimum Gasteiger partial charge on any atom is -0.474 e. The highest BCUT2D eigenvalue weighted by Crippen LogP contribution is 2.28. The molecule has 0 bridgehead atoms. The van der Waals surface area contributed by atoms with Crippen LogP contribution in [0, 0.1) is 6.92 Å². The van der Waals surface area contributed by atoms with Gasteiger partial charge >= 0.3 is 0 Å². The lowest BCUT2D eigenvalue weighted by molar-refractivity contribution is -0.217. The zero-order valence-electron chi connectivity index (χ0n) is 20.2. The van der Waals surface area contributed by atoms with Crippen LogP contribution in [0.4, 0.5) is 0 Å². The highest BCUT2D eigenvalue weighted by Gasteiger charge is 2.31. The fourth-order valence-electron chi connectivity index (χ4n) is 3.93. The van der Waals surface area contributed by atoms with Crippen LogP contribution >= 0.6 is 0 Å². The lowest BCUT2D eigenvalue weighted by Gasteiger charge is -2.35. The Bertz CT molecular complexity index is 868. The zero-order valence-corrected chi connectivity index (χ0v) is 21.0. The molecule has 0 spiro atoms. The number of hydrogen-bond donors (Lipinski definition) is 1. The normalized spacial score (nSPS) is 21.0. The van der Waals surface area contributed by atoms with Gasteiger partial charge in [0, 0.05) is 40.3 Å². The van der Waals surface area contributed by atoms with Gasteiger partial charge in [0.25, 0.3) is 10.2 Å². The third kappa shape index (κ3) is 6.74. The number of aromatic nitrogens is 2. The monoisotopic (exact) mass is 487 g/mol. The predicted molar refractivity (Wildman–Crippen MR) is 122 cm³/mol. The summed E-state index contributed by atoms with van der Waals surface area (Å²) >= 11 is 0. The summed E-state index contributed by atoms with van der Waals surface area (Å²) in [7, 11) is -0.331. The van der Waals surface area contributed by atoms with Gasteiger partial charge in [-0.2, -0.15) is 17.0 Å². The molecule has 1 aromatic rings. The van der Waals surface area contributed by atoms with E-state index in [1.165, 1.54) is 29.0 Å². The van der Waals surface area contributed by atoms with Crippen molar-refractivity contribution >= 4 is 10.2 Å². The van der Waals surface area contributed by atoms with Crippen LogP contribution in [0.25, 0.3) is 0 Å². The SMILES string of the molecule is Cc1c(OC2CCN(C(O)OC(C)C)CC2)ncnc1OC1CCN(S(=O)(=O)N(C)C)CC1. The molecule has 2 aliphatic rings. The molecule has 0 aliphatic carbocycles. The van der Waals surface area contributed by atoms with E-state index in [0.29, 0.717) is 50.8 Å². The Labute approximate surface area is 196 Å². The van der Waals surface area contributed by atoms with Crippen LogP contribution in [0.2, 0.25) is 0 Å². The molecule has 1 N–H and O–H groups in total. The van der Waals surface area contributed by atoms with Gasteiger partial charge in [0.1, 0.15) is 18.5 Å². The first-order valence-corrected chi connectivity index (χ1v) is 12.9. The summed E-state index contributed by atoms with van der Waals surface area (Å²) in [4.78, 5) is 10.5. The minimum absolute atomic E-state index is 0.0200. The quantitative estimate of drug-likeness (QED) is 0.509. The summed E-state index contributed by atoms with van der Waals surface area (Å²) in [6.07, 6.45) is 3.02. The molecule has 2 saturated heterocycles. The van der Waals surface area contributed by atoms with Crippen LogP contribution in [-0.2, 0) is 14.9 Å². The van der Waals surface area contributed by atoms with Crippen molar-refractivity contribution in [3.63, 3.8) is 0 Å². The first-order chi connectivity index (χ1) is 15.6.